The van der Waals surface area contributed by atoms with Crippen LogP contribution in [0.25, 0.3) is 22.3 Å². The Morgan fingerprint density at radius 1 is 0.506 bits per heavy atom. The van der Waals surface area contributed by atoms with Gasteiger partial charge in [-0.15, -0.1) is 0 Å². The minimum absolute atomic E-state index is 0.0883. The molecule has 7 nitrogen and oxygen atoms in total. The van der Waals surface area contributed by atoms with E-state index < -0.39 is 0 Å². The van der Waals surface area contributed by atoms with E-state index in [1.165, 1.54) is 74.9 Å². The van der Waals surface area contributed by atoms with Crippen molar-refractivity contribution in [3.05, 3.63) is 226 Å². The van der Waals surface area contributed by atoms with Gasteiger partial charge < -0.3 is 34.6 Å². The summed E-state index contributed by atoms with van der Waals surface area (Å²) < 4.78 is 11.7. The number of hydrogen-bond acceptors (Lipinski definition) is 7. The molecule has 0 heterocycles. The van der Waals surface area contributed by atoms with Gasteiger partial charge in [-0.1, -0.05) is 154 Å². The third kappa shape index (κ3) is 14.2. The van der Waals surface area contributed by atoms with Crippen molar-refractivity contribution in [3.8, 4) is 23.0 Å². The zero-order valence-electron chi connectivity index (χ0n) is 46.7. The van der Waals surface area contributed by atoms with Crippen LogP contribution >= 0.6 is 0 Å². The molecule has 4 unspecified atom stereocenters. The van der Waals surface area contributed by atoms with Gasteiger partial charge in [-0.2, -0.15) is 0 Å². The number of aliphatic hydroxyl groups excluding tert-OH is 1. The summed E-state index contributed by atoms with van der Waals surface area (Å²) in [6.45, 7) is 9.87. The Labute approximate surface area is 460 Å². The second-order valence-corrected chi connectivity index (χ2v) is 21.8. The van der Waals surface area contributed by atoms with E-state index in [0.29, 0.717) is 30.8 Å². The molecule has 3 aliphatic carbocycles. The van der Waals surface area contributed by atoms with Gasteiger partial charge >= 0.3 is 0 Å². The summed E-state index contributed by atoms with van der Waals surface area (Å²) in [4.78, 5) is 4.23. The van der Waals surface area contributed by atoms with Gasteiger partial charge in [-0.3, -0.25) is 0 Å². The SMILES string of the molecule is CC/C(=C(\c1ccc(O)cc1)c1ccc(OCCN(C)C)cc1)c1ccccc1.CC/C(=C(\c1ccccc1)c1ccc(OCCN(C)C)cc1)c1ccccc1.C[C@]12CCC3c4ccc(O)cc4CCC3C1CCC2O. The van der Waals surface area contributed by atoms with Crippen molar-refractivity contribution >= 4 is 22.3 Å². The molecule has 0 aromatic heterocycles. The van der Waals surface area contributed by atoms with Gasteiger partial charge in [0, 0.05) is 13.1 Å². The number of aryl methyl sites for hydroxylation is 1. The average molecular weight is 1030 g/mol. The van der Waals surface area contributed by atoms with Crippen molar-refractivity contribution in [2.45, 2.75) is 84.2 Å². The van der Waals surface area contributed by atoms with E-state index >= 15 is 0 Å². The number of hydrogen-bond donors (Lipinski definition) is 3. The summed E-state index contributed by atoms with van der Waals surface area (Å²) in [7, 11) is 8.19. The van der Waals surface area contributed by atoms with E-state index in [0.717, 1.165) is 73.7 Å². The summed E-state index contributed by atoms with van der Waals surface area (Å²) >= 11 is 0. The number of likely N-dealkylation sites (N-methyl/N-ethyl adjacent to an activating group) is 2. The third-order valence-electron chi connectivity index (χ3n) is 16.3. The van der Waals surface area contributed by atoms with Crippen LogP contribution in [0.15, 0.2) is 182 Å². The molecule has 77 heavy (non-hydrogen) atoms. The van der Waals surface area contributed by atoms with Gasteiger partial charge in [0.05, 0.1) is 6.10 Å². The number of nitrogens with zero attached hydrogens (tertiary/aromatic N) is 2. The van der Waals surface area contributed by atoms with Crippen LogP contribution in [0.3, 0.4) is 0 Å². The Balaban J connectivity index is 0.000000155. The zero-order valence-corrected chi connectivity index (χ0v) is 46.7. The lowest BCUT2D eigenvalue weighted by Crippen LogP contribution is -2.43. The smallest absolute Gasteiger partial charge is 0.119 e. The van der Waals surface area contributed by atoms with E-state index in [2.05, 4.69) is 172 Å². The topological polar surface area (TPSA) is 85.6 Å². The second kappa shape index (κ2) is 26.9. The van der Waals surface area contributed by atoms with Gasteiger partial charge in [-0.25, -0.2) is 0 Å². The molecule has 0 bridgehead atoms. The molecule has 0 amide bonds. The van der Waals surface area contributed by atoms with Crippen LogP contribution in [0.1, 0.15) is 116 Å². The minimum atomic E-state index is -0.0883. The predicted molar refractivity (Wildman–Crippen MR) is 320 cm³/mol. The number of phenolic OH excluding ortho intramolecular Hbond substituents is 2. The van der Waals surface area contributed by atoms with E-state index in [1.807, 2.05) is 56.6 Å². The first kappa shape index (κ1) is 56.3. The van der Waals surface area contributed by atoms with Gasteiger partial charge in [-0.05, 0) is 218 Å². The summed E-state index contributed by atoms with van der Waals surface area (Å²) in [5.74, 6) is 4.55. The molecule has 0 radical (unpaired) electrons. The minimum Gasteiger partial charge on any atom is -0.508 e. The van der Waals surface area contributed by atoms with Crippen LogP contribution in [0.4, 0.5) is 0 Å². The highest BCUT2D eigenvalue weighted by molar-refractivity contribution is 5.99. The lowest BCUT2D eigenvalue weighted by atomic mass is 9.55. The average Bonchev–Trinajstić information content (AvgIpc) is 3.81. The molecule has 7 aromatic carbocycles. The molecule has 402 valence electrons. The lowest BCUT2D eigenvalue weighted by Gasteiger charge is -2.50. The molecule has 2 fully saturated rings. The maximum Gasteiger partial charge on any atom is 0.119 e. The third-order valence-corrected chi connectivity index (χ3v) is 16.3. The normalized spacial score (nSPS) is 20.0. The standard InChI is InChI=1S/C26H29NO2.C26H29NO.C18H24O2/c1-4-25(20-8-6-5-7-9-20)26(21-10-14-23(28)15-11-21)22-12-16-24(17-13-22)29-19-18-27(2)3;1-4-25(21-11-7-5-8-12-21)26(22-13-9-6-10-14-22)23-15-17-24(18-16-23)28-20-19-27(2)3;1-18-9-8-14-13-5-3-12(19)10-11(13)2-4-15(14)16(18)6-7-17(18)20/h5-17,28H,4,18-19H2,1-3H3;5-18H,4,19-20H2,1-3H3;3,5,10,14-17,19-20H,2,4,6-9H2,1H3/b2*26-25-;/t;;14?,15?,16?,17?,18-/m..0/s1. The fraction of sp³-hybridized carbons (Fsp3) is 0.343. The highest BCUT2D eigenvalue weighted by Crippen LogP contribution is 2.61. The van der Waals surface area contributed by atoms with Gasteiger partial charge in [0.1, 0.15) is 36.2 Å². The zero-order chi connectivity index (χ0) is 54.3. The van der Waals surface area contributed by atoms with Crippen molar-refractivity contribution in [1.29, 1.82) is 0 Å². The summed E-state index contributed by atoms with van der Waals surface area (Å²) in [5, 5.41) is 29.8. The predicted octanol–water partition coefficient (Wildman–Crippen LogP) is 15.3. The van der Waals surface area contributed by atoms with E-state index in [-0.39, 0.29) is 17.3 Å². The first-order chi connectivity index (χ1) is 37.4. The van der Waals surface area contributed by atoms with Crippen LogP contribution in [-0.4, -0.2) is 85.7 Å². The number of phenols is 2. The molecule has 0 saturated heterocycles. The maximum atomic E-state index is 10.4. The Morgan fingerprint density at radius 3 is 1.39 bits per heavy atom. The van der Waals surface area contributed by atoms with Crippen molar-refractivity contribution in [2.75, 3.05) is 54.5 Å². The first-order valence-electron chi connectivity index (χ1n) is 28.0. The summed E-state index contributed by atoms with van der Waals surface area (Å²) in [6, 6.07) is 62.0. The molecule has 0 aliphatic heterocycles. The molecular weight excluding hydrogens is 949 g/mol. The van der Waals surface area contributed by atoms with Crippen LogP contribution in [0.2, 0.25) is 0 Å². The van der Waals surface area contributed by atoms with Gasteiger partial charge in [0.2, 0.25) is 0 Å². The van der Waals surface area contributed by atoms with Crippen LogP contribution in [0.5, 0.6) is 23.0 Å². The highest BCUT2D eigenvalue weighted by atomic mass is 16.5. The number of ether oxygens (including phenoxy) is 2. The van der Waals surface area contributed by atoms with Crippen molar-refractivity contribution in [3.63, 3.8) is 0 Å². The number of fused-ring (bicyclic) bond motifs is 5. The Morgan fingerprint density at radius 2 is 0.935 bits per heavy atom. The Bertz CT molecular complexity index is 2990. The highest BCUT2D eigenvalue weighted by Gasteiger charge is 2.54. The lowest BCUT2D eigenvalue weighted by molar-refractivity contribution is -0.0226. The van der Waals surface area contributed by atoms with Gasteiger partial charge in [0.15, 0.2) is 0 Å². The number of rotatable bonds is 16. The molecule has 3 N–H and O–H groups in total. The molecular formula is C70H82N2O5. The largest absolute Gasteiger partial charge is 0.508 e. The van der Waals surface area contributed by atoms with E-state index in [4.69, 9.17) is 9.47 Å². The molecule has 5 atom stereocenters. The molecule has 0 spiro atoms. The number of aliphatic hydroxyl groups is 1. The van der Waals surface area contributed by atoms with Crippen molar-refractivity contribution in [1.82, 2.24) is 9.80 Å². The summed E-state index contributed by atoms with van der Waals surface area (Å²) in [5.41, 5.74) is 15.3. The first-order valence-corrected chi connectivity index (χ1v) is 28.0. The monoisotopic (exact) mass is 1030 g/mol. The molecule has 2 saturated carbocycles. The second-order valence-electron chi connectivity index (χ2n) is 21.8. The number of aromatic hydroxyl groups is 2. The van der Waals surface area contributed by atoms with Crippen LogP contribution in [0, 0.1) is 17.3 Å². The number of allylic oxidation sites excluding steroid dienone is 2. The van der Waals surface area contributed by atoms with Crippen molar-refractivity contribution < 1.29 is 24.8 Å². The Hall–Kier alpha value is -6.90. The Kier molecular flexibility index (Phi) is 19.7. The molecule has 10 rings (SSSR count). The van der Waals surface area contributed by atoms with E-state index in [1.54, 1.807) is 12.1 Å². The van der Waals surface area contributed by atoms with Crippen LogP contribution in [-0.2, 0) is 6.42 Å². The fourth-order valence-corrected chi connectivity index (χ4v) is 12.3. The van der Waals surface area contributed by atoms with E-state index in [9.17, 15) is 15.3 Å². The molecule has 7 heteroatoms. The van der Waals surface area contributed by atoms with Gasteiger partial charge in [0.25, 0.3) is 0 Å². The number of benzene rings is 7. The van der Waals surface area contributed by atoms with Crippen LogP contribution < -0.4 is 9.47 Å². The maximum absolute atomic E-state index is 10.4. The van der Waals surface area contributed by atoms with Crippen molar-refractivity contribution in [2.24, 2.45) is 17.3 Å². The fourth-order valence-electron chi connectivity index (χ4n) is 12.3. The molecule has 3 aliphatic rings. The summed E-state index contributed by atoms with van der Waals surface area (Å²) in [6.07, 6.45) is 8.65. The quantitative estimate of drug-likeness (QED) is 0.0832. The molecule has 7 aromatic rings.